The summed E-state index contributed by atoms with van der Waals surface area (Å²) in [6.07, 6.45) is -4.67. The quantitative estimate of drug-likeness (QED) is 0.524. The molecule has 0 saturated carbocycles. The van der Waals surface area contributed by atoms with Gasteiger partial charge in [0.25, 0.3) is 0 Å². The van der Waals surface area contributed by atoms with E-state index in [0.29, 0.717) is 4.68 Å². The molecule has 1 saturated heterocycles. The van der Waals surface area contributed by atoms with Crippen LogP contribution in [-0.2, 0) is 19.1 Å². The van der Waals surface area contributed by atoms with Gasteiger partial charge in [0.1, 0.15) is 5.69 Å². The van der Waals surface area contributed by atoms with Gasteiger partial charge in [-0.1, -0.05) is 0 Å². The third-order valence-electron chi connectivity index (χ3n) is 2.80. The van der Waals surface area contributed by atoms with E-state index in [0.717, 1.165) is 18.8 Å². The summed E-state index contributed by atoms with van der Waals surface area (Å²) in [5.41, 5.74) is -2.06. The molecule has 1 fully saturated rings. The zero-order chi connectivity index (χ0) is 11.9. The van der Waals surface area contributed by atoms with Gasteiger partial charge in [-0.3, -0.25) is 4.68 Å². The molecule has 0 radical (unpaired) electrons. The summed E-state index contributed by atoms with van der Waals surface area (Å²) in [6, 6.07) is 0. The van der Waals surface area contributed by atoms with Crippen molar-refractivity contribution in [2.75, 3.05) is 0 Å². The molecule has 0 bridgehead atoms. The monoisotopic (exact) mass is 256 g/mol. The van der Waals surface area contributed by atoms with Crippen molar-refractivity contribution in [2.24, 2.45) is 7.05 Å². The number of fused-ring (bicyclic) bond motifs is 3. The fraction of sp³-hybridized carbons (Fsp3) is 0.625. The second kappa shape index (κ2) is 2.55. The molecule has 1 aliphatic heterocycles. The Hall–Kier alpha value is -0.790. The van der Waals surface area contributed by atoms with Crippen LogP contribution in [0.2, 0.25) is 0 Å². The van der Waals surface area contributed by atoms with E-state index in [9.17, 15) is 22.0 Å². The van der Waals surface area contributed by atoms with Crippen LogP contribution >= 0.6 is 11.8 Å². The molecule has 0 N–H and O–H groups in total. The number of hydrogen-bond acceptors (Lipinski definition) is 2. The van der Waals surface area contributed by atoms with Crippen LogP contribution < -0.4 is 0 Å². The number of aromatic nitrogens is 2. The van der Waals surface area contributed by atoms with Crippen molar-refractivity contribution in [3.63, 3.8) is 0 Å². The lowest BCUT2D eigenvalue weighted by Gasteiger charge is -2.11. The average Bonchev–Trinajstić information content (AvgIpc) is 2.76. The van der Waals surface area contributed by atoms with Crippen LogP contribution in [0.15, 0.2) is 0 Å². The minimum atomic E-state index is -4.67. The van der Waals surface area contributed by atoms with E-state index in [1.54, 1.807) is 0 Å². The van der Waals surface area contributed by atoms with Crippen molar-refractivity contribution in [2.45, 2.75) is 22.6 Å². The molecule has 8 heteroatoms. The van der Waals surface area contributed by atoms with Crippen LogP contribution in [0.5, 0.6) is 0 Å². The second-order valence-electron chi connectivity index (χ2n) is 3.83. The SMILES string of the molecule is Cn1nc(C(F)(F)F)c2c1C(F)(F)[C@@H]1S[C@H]21. The van der Waals surface area contributed by atoms with E-state index < -0.39 is 34.0 Å². The smallest absolute Gasteiger partial charge is 0.266 e. The highest BCUT2D eigenvalue weighted by Gasteiger charge is 2.69. The van der Waals surface area contributed by atoms with Gasteiger partial charge >= 0.3 is 12.1 Å². The van der Waals surface area contributed by atoms with Crippen LogP contribution in [-0.4, -0.2) is 15.0 Å². The molecule has 0 aromatic carbocycles. The molecule has 2 heterocycles. The molecule has 1 aromatic rings. The Kier molecular flexibility index (Phi) is 1.65. The Labute approximate surface area is 90.8 Å². The first-order valence-corrected chi connectivity index (χ1v) is 5.36. The Bertz CT molecular complexity index is 478. The predicted molar refractivity (Wildman–Crippen MR) is 46.2 cm³/mol. The summed E-state index contributed by atoms with van der Waals surface area (Å²) >= 11 is 0.868. The molecule has 3 rings (SSSR count). The first kappa shape index (κ1) is 10.4. The van der Waals surface area contributed by atoms with Gasteiger partial charge < -0.3 is 0 Å². The lowest BCUT2D eigenvalue weighted by atomic mass is 10.2. The molecule has 0 amide bonds. The average molecular weight is 256 g/mol. The number of aryl methyl sites for hydroxylation is 1. The van der Waals surface area contributed by atoms with Crippen molar-refractivity contribution >= 4 is 11.8 Å². The maximum Gasteiger partial charge on any atom is 0.435 e. The summed E-state index contributed by atoms with van der Waals surface area (Å²) in [4.78, 5) is 0. The van der Waals surface area contributed by atoms with Gasteiger partial charge in [-0.15, -0.1) is 11.8 Å². The predicted octanol–water partition coefficient (Wildman–Crippen LogP) is 2.70. The molecule has 0 unspecified atom stereocenters. The van der Waals surface area contributed by atoms with Gasteiger partial charge in [0.2, 0.25) is 0 Å². The third kappa shape index (κ3) is 1.05. The summed E-state index contributed by atoms with van der Waals surface area (Å²) in [5, 5.41) is 1.40. The molecule has 1 aromatic heterocycles. The van der Waals surface area contributed by atoms with Gasteiger partial charge in [-0.25, -0.2) is 0 Å². The Morgan fingerprint density at radius 3 is 2.56 bits per heavy atom. The molecule has 2 nitrogen and oxygen atoms in total. The Balaban J connectivity index is 2.25. The van der Waals surface area contributed by atoms with E-state index in [-0.39, 0.29) is 5.56 Å². The van der Waals surface area contributed by atoms with Crippen LogP contribution in [0.4, 0.5) is 22.0 Å². The number of alkyl halides is 5. The Morgan fingerprint density at radius 2 is 2.00 bits per heavy atom. The zero-order valence-electron chi connectivity index (χ0n) is 7.85. The molecule has 2 aliphatic rings. The summed E-state index contributed by atoms with van der Waals surface area (Å²) in [7, 11) is 1.12. The summed E-state index contributed by atoms with van der Waals surface area (Å²) < 4.78 is 65.5. The van der Waals surface area contributed by atoms with Crippen molar-refractivity contribution in [1.29, 1.82) is 0 Å². The third-order valence-corrected chi connectivity index (χ3v) is 4.15. The molecular formula is C8H5F5N2S. The molecule has 2 atom stereocenters. The maximum atomic E-state index is 13.6. The molecule has 1 aliphatic carbocycles. The van der Waals surface area contributed by atoms with E-state index in [1.807, 2.05) is 0 Å². The van der Waals surface area contributed by atoms with Crippen molar-refractivity contribution < 1.29 is 22.0 Å². The Morgan fingerprint density at radius 1 is 1.38 bits per heavy atom. The summed E-state index contributed by atoms with van der Waals surface area (Å²) in [5.74, 6) is -3.20. The van der Waals surface area contributed by atoms with Crippen molar-refractivity contribution in [1.82, 2.24) is 9.78 Å². The van der Waals surface area contributed by atoms with Crippen LogP contribution in [0, 0.1) is 0 Å². The van der Waals surface area contributed by atoms with E-state index in [4.69, 9.17) is 0 Å². The van der Waals surface area contributed by atoms with Gasteiger partial charge in [-0.05, 0) is 0 Å². The highest BCUT2D eigenvalue weighted by Crippen LogP contribution is 2.71. The lowest BCUT2D eigenvalue weighted by molar-refractivity contribution is -0.142. The van der Waals surface area contributed by atoms with Gasteiger partial charge in [0.15, 0.2) is 5.69 Å². The standard InChI is InChI=1S/C8H5F5N2S/c1-15-5-2(4(14-15)8(11,12)13)3-6(16-3)7(5,9)10/h3,6H,1H3/t3-,6-/m1/s1. The largest absolute Gasteiger partial charge is 0.435 e. The zero-order valence-corrected chi connectivity index (χ0v) is 8.66. The topological polar surface area (TPSA) is 17.8 Å². The maximum absolute atomic E-state index is 13.6. The van der Waals surface area contributed by atoms with Crippen LogP contribution in [0.3, 0.4) is 0 Å². The number of thioether (sulfide) groups is 1. The van der Waals surface area contributed by atoms with Crippen molar-refractivity contribution in [3.8, 4) is 0 Å². The van der Waals surface area contributed by atoms with E-state index in [1.165, 1.54) is 0 Å². The molecule has 88 valence electrons. The van der Waals surface area contributed by atoms with E-state index in [2.05, 4.69) is 5.10 Å². The molecule has 16 heavy (non-hydrogen) atoms. The number of halogens is 5. The molecular weight excluding hydrogens is 251 g/mol. The molecule has 0 spiro atoms. The minimum Gasteiger partial charge on any atom is -0.266 e. The first-order valence-electron chi connectivity index (χ1n) is 4.42. The fourth-order valence-electron chi connectivity index (χ4n) is 2.16. The van der Waals surface area contributed by atoms with Crippen LogP contribution in [0.25, 0.3) is 0 Å². The highest BCUT2D eigenvalue weighted by atomic mass is 32.2. The lowest BCUT2D eigenvalue weighted by Crippen LogP contribution is -2.20. The fourth-order valence-corrected chi connectivity index (χ4v) is 3.33. The second-order valence-corrected chi connectivity index (χ2v) is 5.12. The van der Waals surface area contributed by atoms with Crippen molar-refractivity contribution in [3.05, 3.63) is 17.0 Å². The normalized spacial score (nSPS) is 30.1. The van der Waals surface area contributed by atoms with Gasteiger partial charge in [0, 0.05) is 12.6 Å². The summed E-state index contributed by atoms with van der Waals surface area (Å²) in [6.45, 7) is 0. The van der Waals surface area contributed by atoms with E-state index >= 15 is 0 Å². The highest BCUT2D eigenvalue weighted by molar-refractivity contribution is 8.07. The minimum absolute atomic E-state index is 0.324. The number of rotatable bonds is 0. The number of hydrogen-bond donors (Lipinski definition) is 0. The van der Waals surface area contributed by atoms with Crippen LogP contribution in [0.1, 0.15) is 22.2 Å². The first-order chi connectivity index (χ1) is 7.24. The van der Waals surface area contributed by atoms with Gasteiger partial charge in [0.05, 0.1) is 10.5 Å². The number of nitrogens with zero attached hydrogens (tertiary/aromatic N) is 2. The van der Waals surface area contributed by atoms with Gasteiger partial charge in [-0.2, -0.15) is 27.1 Å².